The standard InChI is InChI=1S/C12H21N5O14P4/c13-12-15-9-8(10(18)16-12)14-3-17(9)11-7(31-35(27,28)5-33(22,23)24)1-6(30-11)2-29-34(25,26)4-32(19,20)21/h3,6-7,11H,1-2,4-5H2,(H,25,26)(H,27,28)(H2,19,20,21)(H2,22,23,24)(H3,13,15,16,18)/t6-,7?,11+/m0/s1. The van der Waals surface area contributed by atoms with Crippen LogP contribution in [0, 0.1) is 0 Å². The highest BCUT2D eigenvalue weighted by molar-refractivity contribution is 7.70. The molecule has 198 valence electrons. The molecule has 5 atom stereocenters. The van der Waals surface area contributed by atoms with Crippen molar-refractivity contribution in [3.63, 3.8) is 0 Å². The van der Waals surface area contributed by atoms with E-state index < -0.39 is 72.8 Å². The number of anilines is 1. The predicted octanol–water partition coefficient (Wildman–Crippen LogP) is -0.968. The summed E-state index contributed by atoms with van der Waals surface area (Å²) in [7, 11) is -19.6. The van der Waals surface area contributed by atoms with Gasteiger partial charge in [-0.1, -0.05) is 0 Å². The number of H-pyrrole nitrogens is 1. The minimum Gasteiger partial charge on any atom is -0.369 e. The Morgan fingerprint density at radius 3 is 2.29 bits per heavy atom. The zero-order valence-corrected chi connectivity index (χ0v) is 20.9. The fourth-order valence-electron chi connectivity index (χ4n) is 3.24. The first-order chi connectivity index (χ1) is 15.8. The van der Waals surface area contributed by atoms with Crippen LogP contribution in [0.3, 0.4) is 0 Å². The molecule has 3 heterocycles. The monoisotopic (exact) mass is 583 g/mol. The van der Waals surface area contributed by atoms with Gasteiger partial charge in [0.25, 0.3) is 5.56 Å². The lowest BCUT2D eigenvalue weighted by atomic mass is 10.2. The molecule has 2 aromatic heterocycles. The van der Waals surface area contributed by atoms with E-state index in [0.717, 1.165) is 10.9 Å². The summed E-state index contributed by atoms with van der Waals surface area (Å²) >= 11 is 0. The topological polar surface area (TPSA) is 307 Å². The van der Waals surface area contributed by atoms with E-state index in [0.29, 0.717) is 0 Å². The second-order valence-corrected chi connectivity index (χ2v) is 15.4. The summed E-state index contributed by atoms with van der Waals surface area (Å²) < 4.78 is 62.9. The molecule has 1 aliphatic rings. The van der Waals surface area contributed by atoms with E-state index in [1.807, 2.05) is 0 Å². The number of nitrogens with zero attached hydrogens (tertiary/aromatic N) is 3. The Balaban J connectivity index is 1.90. The second-order valence-electron chi connectivity index (χ2n) is 7.49. The third kappa shape index (κ3) is 7.84. The molecule has 1 fully saturated rings. The Bertz CT molecular complexity index is 1350. The van der Waals surface area contributed by atoms with Gasteiger partial charge < -0.3 is 48.9 Å². The summed E-state index contributed by atoms with van der Waals surface area (Å²) in [4.78, 5) is 77.5. The van der Waals surface area contributed by atoms with Gasteiger partial charge >= 0.3 is 30.4 Å². The molecule has 35 heavy (non-hydrogen) atoms. The third-order valence-corrected chi connectivity index (χ3v) is 11.3. The number of aromatic amines is 1. The normalized spacial score (nSPS) is 24.9. The minimum absolute atomic E-state index is 0.150. The van der Waals surface area contributed by atoms with Crippen molar-refractivity contribution in [3.8, 4) is 0 Å². The highest BCUT2D eigenvalue weighted by Gasteiger charge is 2.44. The summed E-state index contributed by atoms with van der Waals surface area (Å²) in [5, 5.41) is 0. The number of nitrogen functional groups attached to an aromatic ring is 1. The van der Waals surface area contributed by atoms with Crippen LogP contribution in [-0.2, 0) is 32.0 Å². The van der Waals surface area contributed by atoms with Gasteiger partial charge in [-0.15, -0.1) is 0 Å². The van der Waals surface area contributed by atoms with E-state index in [1.54, 1.807) is 0 Å². The molecule has 0 aliphatic carbocycles. The highest BCUT2D eigenvalue weighted by atomic mass is 31.2. The molecule has 0 saturated carbocycles. The zero-order valence-electron chi connectivity index (χ0n) is 17.3. The number of nitrogens with one attached hydrogen (secondary N) is 1. The van der Waals surface area contributed by atoms with Gasteiger partial charge in [0.1, 0.15) is 6.10 Å². The zero-order chi connectivity index (χ0) is 26.4. The second kappa shape index (κ2) is 9.88. The molecular formula is C12H21N5O14P4. The quantitative estimate of drug-likeness (QED) is 0.156. The molecule has 1 aliphatic heterocycles. The molecule has 0 aromatic carbocycles. The Kier molecular flexibility index (Phi) is 7.98. The molecule has 23 heteroatoms. The van der Waals surface area contributed by atoms with Crippen LogP contribution in [0.2, 0.25) is 0 Å². The Morgan fingerprint density at radius 1 is 1.09 bits per heavy atom. The lowest BCUT2D eigenvalue weighted by Crippen LogP contribution is -2.23. The van der Waals surface area contributed by atoms with Crippen LogP contribution in [0.15, 0.2) is 11.1 Å². The maximum atomic E-state index is 12.3. The number of hydrogen-bond donors (Lipinski definition) is 8. The van der Waals surface area contributed by atoms with Gasteiger partial charge in [-0.3, -0.25) is 32.6 Å². The van der Waals surface area contributed by atoms with Crippen LogP contribution < -0.4 is 11.3 Å². The smallest absolute Gasteiger partial charge is 0.340 e. The number of aromatic nitrogens is 4. The molecule has 9 N–H and O–H groups in total. The molecule has 19 nitrogen and oxygen atoms in total. The first-order valence-corrected chi connectivity index (χ1v) is 16.4. The number of imidazole rings is 1. The van der Waals surface area contributed by atoms with Crippen molar-refractivity contribution in [1.29, 1.82) is 0 Å². The van der Waals surface area contributed by atoms with Crippen molar-refractivity contribution in [2.75, 3.05) is 24.1 Å². The number of hydrogen-bond acceptors (Lipinski definition) is 11. The minimum atomic E-state index is -4.99. The van der Waals surface area contributed by atoms with Crippen LogP contribution in [-0.4, -0.2) is 79.5 Å². The van der Waals surface area contributed by atoms with Crippen molar-refractivity contribution in [1.82, 2.24) is 19.5 Å². The van der Waals surface area contributed by atoms with E-state index in [4.69, 9.17) is 39.1 Å². The molecule has 1 saturated heterocycles. The molecule has 0 bridgehead atoms. The average molecular weight is 583 g/mol. The summed E-state index contributed by atoms with van der Waals surface area (Å²) in [6.07, 6.45) is -3.36. The van der Waals surface area contributed by atoms with Gasteiger partial charge in [0, 0.05) is 6.42 Å². The summed E-state index contributed by atoms with van der Waals surface area (Å²) in [5.74, 6) is -3.30. The maximum Gasteiger partial charge on any atom is 0.340 e. The van der Waals surface area contributed by atoms with E-state index in [9.17, 15) is 32.8 Å². The van der Waals surface area contributed by atoms with Gasteiger partial charge in [-0.2, -0.15) is 4.98 Å². The van der Waals surface area contributed by atoms with Crippen LogP contribution in [0.4, 0.5) is 5.95 Å². The van der Waals surface area contributed by atoms with Crippen molar-refractivity contribution >= 4 is 47.5 Å². The lowest BCUT2D eigenvalue weighted by molar-refractivity contribution is -0.0427. The Morgan fingerprint density at radius 2 is 1.69 bits per heavy atom. The molecule has 0 amide bonds. The van der Waals surface area contributed by atoms with E-state index in [2.05, 4.69) is 15.0 Å². The number of nitrogens with two attached hydrogens (primary N) is 1. The van der Waals surface area contributed by atoms with Crippen LogP contribution in [0.1, 0.15) is 12.6 Å². The number of ether oxygens (including phenoxy) is 1. The molecule has 0 radical (unpaired) electrons. The van der Waals surface area contributed by atoms with Crippen molar-refractivity contribution < 1.29 is 61.4 Å². The lowest BCUT2D eigenvalue weighted by Gasteiger charge is -2.23. The molecule has 3 rings (SSSR count). The molecule has 3 unspecified atom stereocenters. The number of rotatable bonds is 10. The largest absolute Gasteiger partial charge is 0.369 e. The Hall–Kier alpha value is -1.29. The van der Waals surface area contributed by atoms with Gasteiger partial charge in [-0.25, -0.2) is 4.98 Å². The van der Waals surface area contributed by atoms with Gasteiger partial charge in [0.2, 0.25) is 5.95 Å². The average Bonchev–Trinajstić information content (AvgIpc) is 3.19. The fourth-order valence-corrected chi connectivity index (χ4v) is 8.57. The SMILES string of the molecule is Nc1nc2c(ncn2[C@@H]2O[C@H](COP(=O)(O)CP(=O)(O)O)CC2OP(=O)(O)CP(=O)(O)O)c(=O)[nH]1. The van der Waals surface area contributed by atoms with Gasteiger partial charge in [0.15, 0.2) is 29.2 Å². The summed E-state index contributed by atoms with van der Waals surface area (Å²) in [6.45, 7) is -0.735. The van der Waals surface area contributed by atoms with Crippen molar-refractivity contribution in [2.24, 2.45) is 0 Å². The first kappa shape index (κ1) is 28.3. The summed E-state index contributed by atoms with van der Waals surface area (Å²) in [6, 6.07) is 0. The molecule has 2 aromatic rings. The van der Waals surface area contributed by atoms with Crippen LogP contribution in [0.25, 0.3) is 11.2 Å². The van der Waals surface area contributed by atoms with Gasteiger partial charge in [-0.05, 0) is 0 Å². The third-order valence-electron chi connectivity index (χ3n) is 4.36. The Labute approximate surface area is 194 Å². The summed E-state index contributed by atoms with van der Waals surface area (Å²) in [5.41, 5.74) is 4.46. The van der Waals surface area contributed by atoms with Crippen molar-refractivity contribution in [3.05, 3.63) is 16.7 Å². The van der Waals surface area contributed by atoms with E-state index >= 15 is 0 Å². The number of fused-ring (bicyclic) bond motifs is 1. The molecule has 0 spiro atoms. The maximum absolute atomic E-state index is 12.3. The van der Waals surface area contributed by atoms with E-state index in [1.165, 1.54) is 0 Å². The highest BCUT2D eigenvalue weighted by Crippen LogP contribution is 2.58. The first-order valence-electron chi connectivity index (χ1n) is 9.28. The molecular weight excluding hydrogens is 562 g/mol. The predicted molar refractivity (Wildman–Crippen MR) is 115 cm³/mol. The van der Waals surface area contributed by atoms with E-state index in [-0.39, 0.29) is 23.5 Å². The van der Waals surface area contributed by atoms with Crippen LogP contribution in [0.5, 0.6) is 0 Å². The van der Waals surface area contributed by atoms with Gasteiger partial charge in [0.05, 0.1) is 19.0 Å². The van der Waals surface area contributed by atoms with Crippen molar-refractivity contribution in [2.45, 2.75) is 24.9 Å². The fraction of sp³-hybridized carbons (Fsp3) is 0.583. The van der Waals surface area contributed by atoms with Crippen LogP contribution >= 0.6 is 30.4 Å².